The van der Waals surface area contributed by atoms with Crippen LogP contribution in [0, 0.1) is 23.7 Å². The van der Waals surface area contributed by atoms with Crippen molar-refractivity contribution in [2.24, 2.45) is 23.7 Å². The van der Waals surface area contributed by atoms with Crippen LogP contribution in [0.3, 0.4) is 0 Å². The van der Waals surface area contributed by atoms with Crippen molar-refractivity contribution >= 4 is 37.4 Å². The van der Waals surface area contributed by atoms with Gasteiger partial charge in [-0.3, -0.25) is 0 Å². The van der Waals surface area contributed by atoms with Crippen LogP contribution < -0.4 is 20.7 Å². The largest absolute Gasteiger partial charge is 0.407 e. The highest BCUT2D eigenvalue weighted by molar-refractivity contribution is 7.00. The molecular weight excluding hydrogens is 585 g/mol. The number of aliphatic hydroxyl groups is 1. The molecule has 0 bridgehead atoms. The average Bonchev–Trinajstić information content (AvgIpc) is 3.62. The highest BCUT2D eigenvalue weighted by Gasteiger charge is 2.63. The Morgan fingerprint density at radius 1 is 0.556 bits per heavy atom. The first kappa shape index (κ1) is 32.1. The van der Waals surface area contributed by atoms with Gasteiger partial charge in [-0.15, -0.1) is 0 Å². The highest BCUT2D eigenvalue weighted by Crippen LogP contribution is 2.60. The highest BCUT2D eigenvalue weighted by atomic mass is 28.4. The summed E-state index contributed by atoms with van der Waals surface area (Å²) >= 11 is 0. The minimum absolute atomic E-state index is 0.0511. The molecule has 3 nitrogen and oxygen atoms in total. The van der Waals surface area contributed by atoms with Gasteiger partial charge in [0, 0.05) is 19.1 Å². The summed E-state index contributed by atoms with van der Waals surface area (Å²) in [4.78, 5) is 0. The van der Waals surface area contributed by atoms with Gasteiger partial charge in [0.1, 0.15) is 0 Å². The van der Waals surface area contributed by atoms with Gasteiger partial charge in [0.05, 0.1) is 6.10 Å². The van der Waals surface area contributed by atoms with Gasteiger partial charge in [0.25, 0.3) is 16.6 Å². The second-order valence-corrected chi connectivity index (χ2v) is 24.0. The molecule has 0 saturated heterocycles. The maximum absolute atomic E-state index is 11.7. The Hall–Kier alpha value is -2.81. The van der Waals surface area contributed by atoms with Crippen molar-refractivity contribution in [2.45, 2.75) is 64.1 Å². The minimum Gasteiger partial charge on any atom is -0.407 e. The van der Waals surface area contributed by atoms with Gasteiger partial charge in [0.15, 0.2) is 0 Å². The molecule has 2 aliphatic carbocycles. The lowest BCUT2D eigenvalue weighted by Crippen LogP contribution is -2.67. The number of fused-ring (bicyclic) bond motifs is 1. The predicted molar refractivity (Wildman–Crippen MR) is 192 cm³/mol. The fourth-order valence-electron chi connectivity index (χ4n) is 8.49. The SMILES string of the molecule is CC(C)(C)[Si](OC[C@H]1C[C@H]2[C@@H](CO[Si](c3ccccc3)(c3ccccc3)C(C)(C)C)[C@H]2[C@@H]1O)(c1ccccc1)c1ccccc1. The molecule has 0 unspecified atom stereocenters. The molecule has 236 valence electrons. The average molecular weight is 635 g/mol. The molecule has 0 radical (unpaired) electrons. The molecule has 0 spiro atoms. The summed E-state index contributed by atoms with van der Waals surface area (Å²) in [7, 11) is -5.23. The summed E-state index contributed by atoms with van der Waals surface area (Å²) < 4.78 is 14.5. The van der Waals surface area contributed by atoms with Crippen LogP contribution in [-0.4, -0.2) is 41.1 Å². The van der Waals surface area contributed by atoms with E-state index in [0.717, 1.165) is 6.42 Å². The molecule has 0 amide bonds. The molecule has 45 heavy (non-hydrogen) atoms. The Morgan fingerprint density at radius 2 is 0.889 bits per heavy atom. The Bertz CT molecular complexity index is 1450. The van der Waals surface area contributed by atoms with E-state index in [9.17, 15) is 5.11 Å². The van der Waals surface area contributed by atoms with Gasteiger partial charge in [-0.2, -0.15) is 0 Å². The lowest BCUT2D eigenvalue weighted by molar-refractivity contribution is 0.0617. The fourth-order valence-corrected chi connectivity index (χ4v) is 17.7. The normalized spacial score (nSPS) is 23.5. The molecule has 4 aromatic rings. The van der Waals surface area contributed by atoms with Crippen molar-refractivity contribution < 1.29 is 14.0 Å². The van der Waals surface area contributed by atoms with Gasteiger partial charge in [0.2, 0.25) is 0 Å². The maximum atomic E-state index is 11.7. The van der Waals surface area contributed by atoms with Gasteiger partial charge < -0.3 is 14.0 Å². The topological polar surface area (TPSA) is 38.7 Å². The van der Waals surface area contributed by atoms with Crippen LogP contribution in [0.2, 0.25) is 10.1 Å². The molecule has 5 heteroatoms. The monoisotopic (exact) mass is 634 g/mol. The van der Waals surface area contributed by atoms with Crippen LogP contribution in [0.15, 0.2) is 121 Å². The number of rotatable bonds is 10. The van der Waals surface area contributed by atoms with E-state index in [1.165, 1.54) is 20.7 Å². The third-order valence-electron chi connectivity index (χ3n) is 10.7. The molecule has 6 rings (SSSR count). The Kier molecular flexibility index (Phi) is 8.87. The lowest BCUT2D eigenvalue weighted by Gasteiger charge is -2.44. The first-order valence-corrected chi connectivity index (χ1v) is 20.5. The maximum Gasteiger partial charge on any atom is 0.261 e. The summed E-state index contributed by atoms with van der Waals surface area (Å²) in [5.74, 6) is 1.32. The van der Waals surface area contributed by atoms with E-state index in [1.807, 2.05) is 0 Å². The van der Waals surface area contributed by atoms with Crippen LogP contribution in [0.25, 0.3) is 0 Å². The third-order valence-corrected chi connectivity index (χ3v) is 20.7. The third kappa shape index (κ3) is 5.72. The quantitative estimate of drug-likeness (QED) is 0.206. The molecule has 1 N–H and O–H groups in total. The zero-order chi connectivity index (χ0) is 31.9. The minimum atomic E-state index is -2.64. The van der Waals surface area contributed by atoms with Crippen molar-refractivity contribution in [1.82, 2.24) is 0 Å². The zero-order valence-electron chi connectivity index (χ0n) is 27.8. The van der Waals surface area contributed by atoms with E-state index in [4.69, 9.17) is 8.85 Å². The van der Waals surface area contributed by atoms with Crippen molar-refractivity contribution in [3.8, 4) is 0 Å². The molecule has 2 fully saturated rings. The van der Waals surface area contributed by atoms with Crippen molar-refractivity contribution in [1.29, 1.82) is 0 Å². The molecule has 0 aliphatic heterocycles. The first-order chi connectivity index (χ1) is 21.5. The van der Waals surface area contributed by atoms with Crippen LogP contribution in [0.4, 0.5) is 0 Å². The smallest absolute Gasteiger partial charge is 0.261 e. The molecule has 5 atom stereocenters. The van der Waals surface area contributed by atoms with E-state index >= 15 is 0 Å². The van der Waals surface area contributed by atoms with E-state index < -0.39 is 16.6 Å². The molecular formula is C40H50O3Si2. The number of aliphatic hydroxyl groups excluding tert-OH is 1. The van der Waals surface area contributed by atoms with E-state index in [0.29, 0.717) is 25.0 Å². The van der Waals surface area contributed by atoms with Gasteiger partial charge in [-0.05, 0) is 55.0 Å². The van der Waals surface area contributed by atoms with Crippen LogP contribution in [0.5, 0.6) is 0 Å². The lowest BCUT2D eigenvalue weighted by atomic mass is 9.98. The van der Waals surface area contributed by atoms with E-state index in [-0.39, 0.29) is 28.0 Å². The van der Waals surface area contributed by atoms with Gasteiger partial charge in [-0.25, -0.2) is 0 Å². The van der Waals surface area contributed by atoms with Crippen molar-refractivity contribution in [3.63, 3.8) is 0 Å². The van der Waals surface area contributed by atoms with Crippen molar-refractivity contribution in [2.75, 3.05) is 13.2 Å². The summed E-state index contributed by atoms with van der Waals surface area (Å²) in [6.45, 7) is 15.2. The Balaban J connectivity index is 1.20. The summed E-state index contributed by atoms with van der Waals surface area (Å²) in [5, 5.41) is 16.8. The number of hydrogen-bond acceptors (Lipinski definition) is 3. The standard InChI is InChI=1S/C40H50O3Si2/c1-39(2,3)44(31-19-11-7-12-20-31,32-21-13-8-14-22-32)42-28-30-27-35-36(37(35)38(30)41)29-43-45(40(4,5)6,33-23-15-9-16-24-33)34-25-17-10-18-26-34/h7-26,30,35-38,41H,27-29H2,1-6H3/t30-,35+,36-,37+,38-/m1/s1. The molecule has 2 aliphatic rings. The van der Waals surface area contributed by atoms with Crippen LogP contribution >= 0.6 is 0 Å². The fraction of sp³-hybridized carbons (Fsp3) is 0.400. The van der Waals surface area contributed by atoms with Crippen LogP contribution in [-0.2, 0) is 8.85 Å². The summed E-state index contributed by atoms with van der Waals surface area (Å²) in [5.41, 5.74) is 0. The molecule has 0 aromatic heterocycles. The second-order valence-electron chi connectivity index (χ2n) is 15.3. The molecule has 0 heterocycles. The van der Waals surface area contributed by atoms with Crippen LogP contribution in [0.1, 0.15) is 48.0 Å². The zero-order valence-corrected chi connectivity index (χ0v) is 29.8. The second kappa shape index (κ2) is 12.4. The van der Waals surface area contributed by atoms with E-state index in [1.54, 1.807) is 0 Å². The molecule has 2 saturated carbocycles. The van der Waals surface area contributed by atoms with Gasteiger partial charge >= 0.3 is 0 Å². The Morgan fingerprint density at radius 3 is 1.18 bits per heavy atom. The Labute approximate surface area is 272 Å². The van der Waals surface area contributed by atoms with Crippen molar-refractivity contribution in [3.05, 3.63) is 121 Å². The molecule has 4 aromatic carbocycles. The number of hydrogen-bond donors (Lipinski definition) is 1. The van der Waals surface area contributed by atoms with E-state index in [2.05, 4.69) is 163 Å². The summed E-state index contributed by atoms with van der Waals surface area (Å²) in [6.07, 6.45) is 0.639. The predicted octanol–water partition coefficient (Wildman–Crippen LogP) is 6.38. The number of benzene rings is 4. The first-order valence-electron chi connectivity index (χ1n) is 16.7. The summed E-state index contributed by atoms with van der Waals surface area (Å²) in [6, 6.07) is 43.4. The van der Waals surface area contributed by atoms with Gasteiger partial charge in [-0.1, -0.05) is 163 Å².